The van der Waals surface area contributed by atoms with Gasteiger partial charge in [-0.05, 0) is 69.0 Å². The molecule has 0 aromatic heterocycles. The number of methoxy groups -OCH3 is 1. The zero-order valence-corrected chi connectivity index (χ0v) is 19.4. The molecule has 0 fully saturated rings. The molecule has 2 atom stereocenters. The summed E-state index contributed by atoms with van der Waals surface area (Å²) in [7, 11) is 1.60. The van der Waals surface area contributed by atoms with Crippen molar-refractivity contribution in [3.05, 3.63) is 59.2 Å². The first-order valence-corrected chi connectivity index (χ1v) is 10.7. The summed E-state index contributed by atoms with van der Waals surface area (Å²) in [6, 6.07) is 12.6. The zero-order valence-electron chi connectivity index (χ0n) is 19.4. The van der Waals surface area contributed by atoms with E-state index in [1.807, 2.05) is 70.2 Å². The van der Waals surface area contributed by atoms with E-state index in [0.717, 1.165) is 23.1 Å². The maximum atomic E-state index is 13.2. The number of amides is 2. The Bertz CT molecular complexity index is 897. The minimum atomic E-state index is -0.644. The number of benzene rings is 2. The van der Waals surface area contributed by atoms with Gasteiger partial charge in [0.1, 0.15) is 17.5 Å². The summed E-state index contributed by atoms with van der Waals surface area (Å²) in [5.74, 6) is 0.937. The number of carbonyl (C=O) groups excluding carboxylic acids is 2. The average molecular weight is 427 g/mol. The van der Waals surface area contributed by atoms with Gasteiger partial charge in [-0.1, -0.05) is 31.2 Å². The molecule has 2 aromatic carbocycles. The first kappa shape index (κ1) is 24.3. The standard InChI is InChI=1S/C25H34N2O4/c1-7-18(3)26-25(29)20(5)27(15-21-11-9-12-22(14-21)30-6)24(28)16-31-23-13-8-10-17(2)19(23)4/h8-14,18,20H,7,15-16H2,1-6H3,(H,26,29)/t18-,20-/m0/s1. The average Bonchev–Trinajstić information content (AvgIpc) is 2.77. The van der Waals surface area contributed by atoms with E-state index >= 15 is 0 Å². The summed E-state index contributed by atoms with van der Waals surface area (Å²) in [6.07, 6.45) is 0.817. The smallest absolute Gasteiger partial charge is 0.261 e. The van der Waals surface area contributed by atoms with Crippen LogP contribution in [0.25, 0.3) is 0 Å². The van der Waals surface area contributed by atoms with E-state index in [4.69, 9.17) is 9.47 Å². The van der Waals surface area contributed by atoms with Crippen molar-refractivity contribution < 1.29 is 19.1 Å². The minimum Gasteiger partial charge on any atom is -0.497 e. The van der Waals surface area contributed by atoms with E-state index in [9.17, 15) is 9.59 Å². The number of rotatable bonds is 10. The number of aryl methyl sites for hydroxylation is 1. The van der Waals surface area contributed by atoms with Crippen LogP contribution in [0, 0.1) is 13.8 Å². The van der Waals surface area contributed by atoms with Gasteiger partial charge in [0.05, 0.1) is 7.11 Å². The fourth-order valence-electron chi connectivity index (χ4n) is 3.12. The highest BCUT2D eigenvalue weighted by Gasteiger charge is 2.27. The van der Waals surface area contributed by atoms with Crippen molar-refractivity contribution in [2.24, 2.45) is 0 Å². The normalized spacial score (nSPS) is 12.6. The van der Waals surface area contributed by atoms with Gasteiger partial charge >= 0.3 is 0 Å². The summed E-state index contributed by atoms with van der Waals surface area (Å²) < 4.78 is 11.1. The Morgan fingerprint density at radius 1 is 1.10 bits per heavy atom. The third-order valence-corrected chi connectivity index (χ3v) is 5.56. The predicted octanol–water partition coefficient (Wildman–Crippen LogP) is 4.02. The SMILES string of the molecule is CC[C@H](C)NC(=O)[C@H](C)N(Cc1cccc(OC)c1)C(=O)COc1cccc(C)c1C. The first-order valence-electron chi connectivity index (χ1n) is 10.7. The maximum Gasteiger partial charge on any atom is 0.261 e. The number of carbonyl (C=O) groups is 2. The molecule has 0 heterocycles. The van der Waals surface area contributed by atoms with Gasteiger partial charge in [-0.3, -0.25) is 9.59 Å². The molecule has 6 nitrogen and oxygen atoms in total. The quantitative estimate of drug-likeness (QED) is 0.623. The molecule has 0 spiro atoms. The highest BCUT2D eigenvalue weighted by Crippen LogP contribution is 2.21. The number of ether oxygens (including phenoxy) is 2. The van der Waals surface area contributed by atoms with Crippen molar-refractivity contribution in [2.75, 3.05) is 13.7 Å². The van der Waals surface area contributed by atoms with Crippen molar-refractivity contribution in [1.29, 1.82) is 0 Å². The Kier molecular flexibility index (Phi) is 8.91. The van der Waals surface area contributed by atoms with E-state index < -0.39 is 6.04 Å². The first-order chi connectivity index (χ1) is 14.8. The van der Waals surface area contributed by atoms with Crippen molar-refractivity contribution in [2.45, 2.75) is 59.7 Å². The minimum absolute atomic E-state index is 0.0370. The van der Waals surface area contributed by atoms with Crippen LogP contribution >= 0.6 is 0 Å². The largest absolute Gasteiger partial charge is 0.497 e. The van der Waals surface area contributed by atoms with Gasteiger partial charge < -0.3 is 19.7 Å². The molecular formula is C25H34N2O4. The van der Waals surface area contributed by atoms with Gasteiger partial charge in [0.2, 0.25) is 5.91 Å². The second kappa shape index (κ2) is 11.4. The number of hydrogen-bond donors (Lipinski definition) is 1. The molecule has 0 unspecified atom stereocenters. The van der Waals surface area contributed by atoms with Gasteiger partial charge in [-0.25, -0.2) is 0 Å². The van der Waals surface area contributed by atoms with E-state index in [1.165, 1.54) is 0 Å². The van der Waals surface area contributed by atoms with Crippen LogP contribution in [-0.4, -0.2) is 42.5 Å². The second-order valence-corrected chi connectivity index (χ2v) is 7.85. The zero-order chi connectivity index (χ0) is 23.0. The van der Waals surface area contributed by atoms with Crippen molar-refractivity contribution in [3.63, 3.8) is 0 Å². The molecule has 0 aliphatic rings. The van der Waals surface area contributed by atoms with Crippen LogP contribution in [-0.2, 0) is 16.1 Å². The van der Waals surface area contributed by atoms with Crippen LogP contribution in [0.5, 0.6) is 11.5 Å². The molecule has 1 N–H and O–H groups in total. The van der Waals surface area contributed by atoms with E-state index in [2.05, 4.69) is 5.32 Å². The van der Waals surface area contributed by atoms with Crippen molar-refractivity contribution in [1.82, 2.24) is 10.2 Å². The molecular weight excluding hydrogens is 392 g/mol. The van der Waals surface area contributed by atoms with Crippen LogP contribution in [0.15, 0.2) is 42.5 Å². The Balaban J connectivity index is 2.21. The van der Waals surface area contributed by atoms with Gasteiger partial charge in [0.15, 0.2) is 6.61 Å². The van der Waals surface area contributed by atoms with E-state index in [1.54, 1.807) is 18.9 Å². The second-order valence-electron chi connectivity index (χ2n) is 7.85. The van der Waals surface area contributed by atoms with Crippen LogP contribution in [0.1, 0.15) is 43.9 Å². The summed E-state index contributed by atoms with van der Waals surface area (Å²) >= 11 is 0. The third kappa shape index (κ3) is 6.74. The van der Waals surface area contributed by atoms with Crippen molar-refractivity contribution in [3.8, 4) is 11.5 Å². The number of nitrogens with one attached hydrogen (secondary N) is 1. The summed E-state index contributed by atoms with van der Waals surface area (Å²) in [5, 5.41) is 2.97. The lowest BCUT2D eigenvalue weighted by Crippen LogP contribution is -2.50. The van der Waals surface area contributed by atoms with Crippen LogP contribution in [0.3, 0.4) is 0 Å². The number of hydrogen-bond acceptors (Lipinski definition) is 4. The van der Waals surface area contributed by atoms with Crippen LogP contribution in [0.2, 0.25) is 0 Å². The van der Waals surface area contributed by atoms with Gasteiger partial charge in [-0.2, -0.15) is 0 Å². The molecule has 0 aliphatic heterocycles. The molecule has 31 heavy (non-hydrogen) atoms. The monoisotopic (exact) mass is 426 g/mol. The molecule has 0 radical (unpaired) electrons. The molecule has 0 saturated heterocycles. The Labute approximate surface area is 185 Å². The Hall–Kier alpha value is -3.02. The summed E-state index contributed by atoms with van der Waals surface area (Å²) in [5.41, 5.74) is 2.97. The molecule has 0 saturated carbocycles. The van der Waals surface area contributed by atoms with Crippen molar-refractivity contribution >= 4 is 11.8 Å². The molecule has 0 aliphatic carbocycles. The van der Waals surface area contributed by atoms with Gasteiger partial charge in [0.25, 0.3) is 5.91 Å². The highest BCUT2D eigenvalue weighted by atomic mass is 16.5. The Morgan fingerprint density at radius 3 is 2.48 bits per heavy atom. The molecule has 6 heteroatoms. The molecule has 168 valence electrons. The molecule has 2 aromatic rings. The lowest BCUT2D eigenvalue weighted by atomic mass is 10.1. The topological polar surface area (TPSA) is 67.9 Å². The summed E-state index contributed by atoms with van der Waals surface area (Å²) in [4.78, 5) is 27.5. The van der Waals surface area contributed by atoms with Gasteiger partial charge in [-0.15, -0.1) is 0 Å². The molecule has 0 bridgehead atoms. The predicted molar refractivity (Wildman–Crippen MR) is 122 cm³/mol. The molecule has 2 amide bonds. The fourth-order valence-corrected chi connectivity index (χ4v) is 3.12. The maximum absolute atomic E-state index is 13.2. The van der Waals surface area contributed by atoms with E-state index in [-0.39, 0.29) is 31.0 Å². The lowest BCUT2D eigenvalue weighted by Gasteiger charge is -2.29. The number of nitrogens with zero attached hydrogens (tertiary/aromatic N) is 1. The van der Waals surface area contributed by atoms with Crippen LogP contribution < -0.4 is 14.8 Å². The fraction of sp³-hybridized carbons (Fsp3) is 0.440. The Morgan fingerprint density at radius 2 is 1.81 bits per heavy atom. The highest BCUT2D eigenvalue weighted by molar-refractivity contribution is 5.88. The third-order valence-electron chi connectivity index (χ3n) is 5.56. The lowest BCUT2D eigenvalue weighted by molar-refractivity contribution is -0.142. The van der Waals surface area contributed by atoms with E-state index in [0.29, 0.717) is 11.5 Å². The summed E-state index contributed by atoms with van der Waals surface area (Å²) in [6.45, 7) is 9.80. The van der Waals surface area contributed by atoms with Gasteiger partial charge in [0, 0.05) is 12.6 Å². The molecule has 2 rings (SSSR count). The van der Waals surface area contributed by atoms with Crippen LogP contribution in [0.4, 0.5) is 0 Å².